The molecule has 0 N–H and O–H groups in total. The van der Waals surface area contributed by atoms with Crippen LogP contribution in [-0.2, 0) is 9.59 Å². The molecule has 2 nitrogen and oxygen atoms in total. The molecular weight excluding hydrogens is 272 g/mol. The van der Waals surface area contributed by atoms with Crippen LogP contribution in [0.15, 0.2) is 24.3 Å². The molecule has 0 amide bonds. The maximum atomic E-state index is 13.1. The molecule has 22 heavy (non-hydrogen) atoms. The van der Waals surface area contributed by atoms with Crippen molar-refractivity contribution in [1.29, 1.82) is 0 Å². The number of hydrogen-bond donors (Lipinski definition) is 0. The van der Waals surface area contributed by atoms with Gasteiger partial charge in [-0.3, -0.25) is 9.59 Å². The number of carbonyl (C=O) groups excluding carboxylic acids is 2. The van der Waals surface area contributed by atoms with Crippen molar-refractivity contribution in [3.63, 3.8) is 0 Å². The minimum Gasteiger partial charge on any atom is -0.299 e. The Kier molecular flexibility index (Phi) is 3.33. The number of ketones is 2. The van der Waals surface area contributed by atoms with E-state index in [0.29, 0.717) is 30.3 Å². The Morgan fingerprint density at radius 3 is 2.50 bits per heavy atom. The van der Waals surface area contributed by atoms with E-state index < -0.39 is 5.41 Å². The maximum Gasteiger partial charge on any atom is 0.142 e. The summed E-state index contributed by atoms with van der Waals surface area (Å²) in [6.07, 6.45) is 8.28. The minimum absolute atomic E-state index is 0.0629. The van der Waals surface area contributed by atoms with Crippen LogP contribution in [0.4, 0.5) is 0 Å². The average Bonchev–Trinajstić information content (AvgIpc) is 2.45. The number of fused-ring (bicyclic) bond motifs is 3. The first-order chi connectivity index (χ1) is 10.1. The van der Waals surface area contributed by atoms with E-state index in [1.165, 1.54) is 5.57 Å². The molecule has 0 bridgehead atoms. The van der Waals surface area contributed by atoms with Gasteiger partial charge in [-0.25, -0.2) is 0 Å². The molecule has 0 aromatic carbocycles. The topological polar surface area (TPSA) is 34.1 Å². The second kappa shape index (κ2) is 4.66. The van der Waals surface area contributed by atoms with Crippen LogP contribution in [0, 0.1) is 28.1 Å². The third-order valence-electron chi connectivity index (χ3n) is 7.02. The standard InChI is InChI=1S/C20H28O2/c1-6-19(4)11-13-7-8-14-15(20(13,5)17(22)12-19)9-10-16(21)18(14,2)3/h6,8,13,15H,1,7,9-12H2,2-5H3. The highest BCUT2D eigenvalue weighted by atomic mass is 16.1. The van der Waals surface area contributed by atoms with E-state index in [2.05, 4.69) is 26.5 Å². The number of allylic oxidation sites excluding steroid dienone is 3. The Bertz CT molecular complexity index is 583. The van der Waals surface area contributed by atoms with Crippen molar-refractivity contribution < 1.29 is 9.59 Å². The molecule has 2 heteroatoms. The third-order valence-corrected chi connectivity index (χ3v) is 7.02. The third kappa shape index (κ3) is 1.92. The maximum absolute atomic E-state index is 13.1. The first-order valence-corrected chi connectivity index (χ1v) is 8.56. The van der Waals surface area contributed by atoms with E-state index in [1.807, 2.05) is 19.9 Å². The molecule has 120 valence electrons. The van der Waals surface area contributed by atoms with Crippen molar-refractivity contribution in [3.05, 3.63) is 24.3 Å². The lowest BCUT2D eigenvalue weighted by Crippen LogP contribution is -2.55. The van der Waals surface area contributed by atoms with Crippen LogP contribution in [0.1, 0.15) is 59.8 Å². The zero-order chi connectivity index (χ0) is 16.3. The van der Waals surface area contributed by atoms with Crippen molar-refractivity contribution in [2.75, 3.05) is 0 Å². The lowest BCUT2D eigenvalue weighted by atomic mass is 9.46. The van der Waals surface area contributed by atoms with Crippen LogP contribution in [-0.4, -0.2) is 11.6 Å². The number of hydrogen-bond acceptors (Lipinski definition) is 2. The molecule has 0 aromatic heterocycles. The molecule has 2 fully saturated rings. The van der Waals surface area contributed by atoms with Gasteiger partial charge in [-0.15, -0.1) is 6.58 Å². The molecule has 0 radical (unpaired) electrons. The van der Waals surface area contributed by atoms with Gasteiger partial charge in [0.1, 0.15) is 11.6 Å². The molecule has 3 aliphatic rings. The fraction of sp³-hybridized carbons (Fsp3) is 0.700. The fourth-order valence-corrected chi connectivity index (χ4v) is 5.22. The van der Waals surface area contributed by atoms with Crippen LogP contribution in [0.3, 0.4) is 0 Å². The lowest BCUT2D eigenvalue weighted by molar-refractivity contribution is -0.146. The minimum atomic E-state index is -0.392. The van der Waals surface area contributed by atoms with Gasteiger partial charge in [0.15, 0.2) is 0 Å². The van der Waals surface area contributed by atoms with Gasteiger partial charge in [0.2, 0.25) is 0 Å². The second-order valence-electron chi connectivity index (χ2n) is 8.68. The summed E-state index contributed by atoms with van der Waals surface area (Å²) >= 11 is 0. The lowest BCUT2D eigenvalue weighted by Gasteiger charge is -2.56. The molecule has 0 aromatic rings. The van der Waals surface area contributed by atoms with Gasteiger partial charge in [0.05, 0.1) is 0 Å². The first kappa shape index (κ1) is 15.7. The van der Waals surface area contributed by atoms with Gasteiger partial charge in [0, 0.05) is 23.7 Å². The van der Waals surface area contributed by atoms with E-state index in [4.69, 9.17) is 0 Å². The summed E-state index contributed by atoms with van der Waals surface area (Å²) in [6.45, 7) is 12.4. The van der Waals surface area contributed by atoms with Crippen molar-refractivity contribution in [2.24, 2.45) is 28.1 Å². The van der Waals surface area contributed by atoms with Crippen molar-refractivity contribution >= 4 is 11.6 Å². The Balaban J connectivity index is 2.05. The summed E-state index contributed by atoms with van der Waals surface area (Å²) in [4.78, 5) is 25.4. The predicted octanol–water partition coefficient (Wildman–Crippen LogP) is 4.50. The van der Waals surface area contributed by atoms with Gasteiger partial charge in [-0.05, 0) is 50.4 Å². The highest BCUT2D eigenvalue weighted by Gasteiger charge is 2.58. The van der Waals surface area contributed by atoms with Crippen molar-refractivity contribution in [2.45, 2.75) is 59.8 Å². The van der Waals surface area contributed by atoms with E-state index >= 15 is 0 Å². The van der Waals surface area contributed by atoms with E-state index in [-0.39, 0.29) is 16.7 Å². The summed E-state index contributed by atoms with van der Waals surface area (Å²) in [5, 5.41) is 0. The smallest absolute Gasteiger partial charge is 0.142 e. The van der Waals surface area contributed by atoms with Gasteiger partial charge in [-0.2, -0.15) is 0 Å². The Morgan fingerprint density at radius 2 is 1.86 bits per heavy atom. The van der Waals surface area contributed by atoms with Crippen LogP contribution in [0.25, 0.3) is 0 Å². The molecule has 0 saturated heterocycles. The van der Waals surface area contributed by atoms with Gasteiger partial charge in [-0.1, -0.05) is 31.6 Å². The monoisotopic (exact) mass is 300 g/mol. The van der Waals surface area contributed by atoms with Crippen LogP contribution >= 0.6 is 0 Å². The first-order valence-electron chi connectivity index (χ1n) is 8.56. The summed E-state index contributed by atoms with van der Waals surface area (Å²) < 4.78 is 0. The predicted molar refractivity (Wildman–Crippen MR) is 88.4 cm³/mol. The molecule has 0 heterocycles. The van der Waals surface area contributed by atoms with E-state index in [1.54, 1.807) is 0 Å². The molecule has 2 saturated carbocycles. The molecule has 0 aliphatic heterocycles. The molecular formula is C20H28O2. The fourth-order valence-electron chi connectivity index (χ4n) is 5.22. The Morgan fingerprint density at radius 1 is 1.18 bits per heavy atom. The Hall–Kier alpha value is -1.18. The SMILES string of the molecule is C=CC1(C)CC(=O)C2(C)C(CC=C3C2CCC(=O)C3(C)C)C1. The number of carbonyl (C=O) groups is 2. The summed E-state index contributed by atoms with van der Waals surface area (Å²) in [5.41, 5.74) is 0.492. The van der Waals surface area contributed by atoms with Gasteiger partial charge < -0.3 is 0 Å². The molecule has 4 unspecified atom stereocenters. The van der Waals surface area contributed by atoms with Crippen LogP contribution < -0.4 is 0 Å². The van der Waals surface area contributed by atoms with Crippen molar-refractivity contribution in [3.8, 4) is 0 Å². The summed E-state index contributed by atoms with van der Waals surface area (Å²) in [6, 6.07) is 0. The molecule has 3 aliphatic carbocycles. The summed E-state index contributed by atoms with van der Waals surface area (Å²) in [7, 11) is 0. The van der Waals surface area contributed by atoms with Crippen molar-refractivity contribution in [1.82, 2.24) is 0 Å². The van der Waals surface area contributed by atoms with Gasteiger partial charge in [0.25, 0.3) is 0 Å². The van der Waals surface area contributed by atoms with Crippen LogP contribution in [0.2, 0.25) is 0 Å². The second-order valence-corrected chi connectivity index (χ2v) is 8.68. The molecule has 3 rings (SSSR count). The molecule has 4 atom stereocenters. The van der Waals surface area contributed by atoms with Crippen LogP contribution in [0.5, 0.6) is 0 Å². The van der Waals surface area contributed by atoms with E-state index in [9.17, 15) is 9.59 Å². The number of Topliss-reactive ketones (excluding diaryl/α,β-unsaturated/α-hetero) is 2. The quantitative estimate of drug-likeness (QED) is 0.668. The summed E-state index contributed by atoms with van der Waals surface area (Å²) in [5.74, 6) is 1.35. The highest BCUT2D eigenvalue weighted by molar-refractivity contribution is 5.92. The Labute approximate surface area is 134 Å². The zero-order valence-corrected chi connectivity index (χ0v) is 14.4. The average molecular weight is 300 g/mol. The van der Waals surface area contributed by atoms with E-state index in [0.717, 1.165) is 19.3 Å². The van der Waals surface area contributed by atoms with Gasteiger partial charge >= 0.3 is 0 Å². The normalized spacial score (nSPS) is 43.9. The largest absolute Gasteiger partial charge is 0.299 e. The number of rotatable bonds is 1. The molecule has 0 spiro atoms. The highest BCUT2D eigenvalue weighted by Crippen LogP contribution is 2.61. The zero-order valence-electron chi connectivity index (χ0n) is 14.4.